The maximum absolute atomic E-state index is 9.42. The second-order valence-electron chi connectivity index (χ2n) is 10.9. The molecule has 0 amide bonds. The van der Waals surface area contributed by atoms with E-state index in [4.69, 9.17) is 12.3 Å². The number of aryl methyl sites for hydroxylation is 1. The molecule has 0 atom stereocenters. The molecule has 45 heavy (non-hydrogen) atoms. The quantitative estimate of drug-likeness (QED) is 0.187. The normalized spacial score (nSPS) is 16.5. The SMILES string of the molecule is [2H]c1c([2H])c([2H])c2c(-c3ccc(-n4c(C([2H])([2H])C([2H])([2H])[2H])nc5ccccc54)c4ccccc34)c3c([2H])c([2H])c([2H])c([2H])c3c(-c3ccc4ccccc4c3)c2c1[2H]. The van der Waals surface area contributed by atoms with E-state index < -0.39 is 49.5 Å². The number of aromatic nitrogens is 2. The van der Waals surface area contributed by atoms with Crippen LogP contribution in [0.4, 0.5) is 0 Å². The van der Waals surface area contributed by atoms with Gasteiger partial charge in [0.15, 0.2) is 0 Å². The molecular weight excluding hydrogens is 544 g/mol. The second-order valence-corrected chi connectivity index (χ2v) is 10.9. The summed E-state index contributed by atoms with van der Waals surface area (Å²) >= 11 is 0. The van der Waals surface area contributed by atoms with E-state index in [-0.39, 0.29) is 50.6 Å². The van der Waals surface area contributed by atoms with Crippen LogP contribution >= 0.6 is 0 Å². The summed E-state index contributed by atoms with van der Waals surface area (Å²) in [5, 5.41) is 2.97. The van der Waals surface area contributed by atoms with Crippen LogP contribution in [0, 0.1) is 0 Å². The number of nitrogens with zero attached hydrogens (tertiary/aromatic N) is 2. The van der Waals surface area contributed by atoms with Crippen molar-refractivity contribution in [3.8, 4) is 27.9 Å². The number of hydrogen-bond donors (Lipinski definition) is 0. The van der Waals surface area contributed by atoms with Crippen LogP contribution in [0.3, 0.4) is 0 Å². The number of hydrogen-bond acceptors (Lipinski definition) is 1. The summed E-state index contributed by atoms with van der Waals surface area (Å²) in [6.45, 7) is -3.08. The fraction of sp³-hybridized carbons (Fsp3) is 0.0465. The average molecular weight is 588 g/mol. The van der Waals surface area contributed by atoms with E-state index >= 15 is 0 Å². The molecule has 0 N–H and O–H groups in total. The molecule has 2 nitrogen and oxygen atoms in total. The van der Waals surface area contributed by atoms with Crippen molar-refractivity contribution in [3.63, 3.8) is 0 Å². The zero-order chi connectivity index (χ0) is 41.2. The van der Waals surface area contributed by atoms with Gasteiger partial charge in [0.05, 0.1) is 27.7 Å². The molecule has 212 valence electrons. The molecule has 0 aliphatic carbocycles. The molecule has 1 aromatic heterocycles. The fourth-order valence-electron chi connectivity index (χ4n) is 6.58. The number of benzene rings is 8. The van der Waals surface area contributed by atoms with E-state index in [2.05, 4.69) is 4.98 Å². The van der Waals surface area contributed by atoms with E-state index in [9.17, 15) is 5.48 Å². The smallest absolute Gasteiger partial charge is 0.114 e. The van der Waals surface area contributed by atoms with Gasteiger partial charge in [-0.15, -0.1) is 0 Å². The van der Waals surface area contributed by atoms with Gasteiger partial charge >= 0.3 is 0 Å². The summed E-state index contributed by atoms with van der Waals surface area (Å²) in [6.07, 6.45) is -2.89. The van der Waals surface area contributed by atoms with Gasteiger partial charge < -0.3 is 0 Å². The van der Waals surface area contributed by atoms with Gasteiger partial charge in [-0.1, -0.05) is 134 Å². The zero-order valence-corrected chi connectivity index (χ0v) is 23.7. The van der Waals surface area contributed by atoms with Gasteiger partial charge in [-0.25, -0.2) is 4.98 Å². The van der Waals surface area contributed by atoms with Crippen molar-refractivity contribution in [2.24, 2.45) is 0 Å². The lowest BCUT2D eigenvalue weighted by atomic mass is 9.84. The van der Waals surface area contributed by atoms with Gasteiger partial charge in [-0.05, 0) is 84.2 Å². The first-order valence-electron chi connectivity index (χ1n) is 21.0. The molecule has 9 rings (SSSR count). The van der Waals surface area contributed by atoms with Crippen molar-refractivity contribution in [1.82, 2.24) is 9.55 Å². The van der Waals surface area contributed by atoms with Crippen LogP contribution in [0.5, 0.6) is 0 Å². The Kier molecular flexibility index (Phi) is 3.58. The molecule has 0 radical (unpaired) electrons. The molecule has 9 aromatic rings. The topological polar surface area (TPSA) is 17.8 Å². The highest BCUT2D eigenvalue weighted by molar-refractivity contribution is 6.24. The van der Waals surface area contributed by atoms with Crippen LogP contribution in [-0.2, 0) is 6.37 Å². The lowest BCUT2D eigenvalue weighted by Gasteiger charge is -2.20. The average Bonchev–Trinajstić information content (AvgIpc) is 3.61. The predicted molar refractivity (Wildman–Crippen MR) is 191 cm³/mol. The Bertz CT molecular complexity index is 3160. The van der Waals surface area contributed by atoms with Gasteiger partial charge in [0, 0.05) is 18.6 Å². The number of para-hydroxylation sites is 2. The van der Waals surface area contributed by atoms with E-state index in [0.29, 0.717) is 38.6 Å². The highest BCUT2D eigenvalue weighted by Gasteiger charge is 2.20. The van der Waals surface area contributed by atoms with Gasteiger partial charge in [0.2, 0.25) is 0 Å². The van der Waals surface area contributed by atoms with Crippen LogP contribution in [-0.4, -0.2) is 9.55 Å². The first-order valence-corrected chi connectivity index (χ1v) is 14.5. The van der Waals surface area contributed by atoms with E-state index in [1.165, 1.54) is 4.57 Å². The lowest BCUT2D eigenvalue weighted by molar-refractivity contribution is 0.913. The summed E-state index contributed by atoms with van der Waals surface area (Å²) < 4.78 is 116. The molecule has 1 heterocycles. The van der Waals surface area contributed by atoms with Crippen molar-refractivity contribution < 1.29 is 17.8 Å². The third-order valence-electron chi connectivity index (χ3n) is 8.50. The van der Waals surface area contributed by atoms with E-state index in [1.807, 2.05) is 36.4 Å². The van der Waals surface area contributed by atoms with E-state index in [1.54, 1.807) is 66.7 Å². The molecule has 0 fully saturated rings. The highest BCUT2D eigenvalue weighted by atomic mass is 15.1. The van der Waals surface area contributed by atoms with Crippen LogP contribution in [0.2, 0.25) is 0 Å². The molecule has 0 bridgehead atoms. The maximum Gasteiger partial charge on any atom is 0.114 e. The van der Waals surface area contributed by atoms with Gasteiger partial charge in [-0.3, -0.25) is 4.57 Å². The van der Waals surface area contributed by atoms with Crippen molar-refractivity contribution in [2.75, 3.05) is 0 Å². The van der Waals surface area contributed by atoms with Crippen molar-refractivity contribution in [2.45, 2.75) is 13.2 Å². The summed E-state index contributed by atoms with van der Waals surface area (Å²) in [7, 11) is 0. The summed E-state index contributed by atoms with van der Waals surface area (Å²) in [5.74, 6) is -0.342. The third-order valence-corrected chi connectivity index (χ3v) is 8.50. The molecule has 0 saturated heterocycles. The third kappa shape index (κ3) is 3.92. The standard InChI is InChI=1S/C43H30N2/c1-2-41-44-38-21-11-12-22-40(38)45(41)39-26-25-37(31-15-5-6-16-32(31)39)43-35-19-9-7-17-33(35)42(34-18-8-10-20-36(34)43)30-24-23-28-13-3-4-14-29(28)27-30/h3-27H,2H2,1H3/i1D3,2D2,7D,8D,9D,10D,17D,18D,19D,20D. The first-order chi connectivity index (χ1) is 27.5. The number of rotatable bonds is 4. The Morgan fingerprint density at radius 2 is 1.27 bits per heavy atom. The molecule has 0 unspecified atom stereocenters. The Morgan fingerprint density at radius 3 is 2.02 bits per heavy atom. The Morgan fingerprint density at radius 1 is 0.622 bits per heavy atom. The van der Waals surface area contributed by atoms with Gasteiger partial charge in [-0.2, -0.15) is 0 Å². The highest BCUT2D eigenvalue weighted by Crippen LogP contribution is 2.46. The van der Waals surface area contributed by atoms with E-state index in [0.717, 1.165) is 10.8 Å². The number of imidazole rings is 1. The molecule has 8 aromatic carbocycles. The number of fused-ring (bicyclic) bond motifs is 5. The Balaban J connectivity index is 1.49. The van der Waals surface area contributed by atoms with Gasteiger partial charge in [0.1, 0.15) is 5.82 Å². The molecule has 0 saturated carbocycles. The van der Waals surface area contributed by atoms with Crippen molar-refractivity contribution in [3.05, 3.63) is 157 Å². The monoisotopic (exact) mass is 587 g/mol. The first kappa shape index (κ1) is 15.8. The van der Waals surface area contributed by atoms with Crippen LogP contribution in [0.25, 0.3) is 82.1 Å². The summed E-state index contributed by atoms with van der Waals surface area (Å²) in [4.78, 5) is 4.49. The Labute approximate surface area is 280 Å². The molecule has 2 heteroatoms. The molecule has 0 aliphatic rings. The minimum Gasteiger partial charge on any atom is -0.296 e. The van der Waals surface area contributed by atoms with Crippen molar-refractivity contribution >= 4 is 54.1 Å². The minimum atomic E-state index is -3.08. The Hall–Kier alpha value is -5.73. The van der Waals surface area contributed by atoms with Crippen LogP contribution in [0.1, 0.15) is 30.5 Å². The lowest BCUT2D eigenvalue weighted by Crippen LogP contribution is -2.01. The minimum absolute atomic E-state index is 0.0529. The largest absolute Gasteiger partial charge is 0.296 e. The van der Waals surface area contributed by atoms with Crippen LogP contribution < -0.4 is 0 Å². The second kappa shape index (κ2) is 10.2. The molecule has 0 spiro atoms. The summed E-state index contributed by atoms with van der Waals surface area (Å²) in [6, 6.07) is 26.6. The molecule has 0 aliphatic heterocycles. The molecular formula is C43H30N2. The van der Waals surface area contributed by atoms with Crippen molar-refractivity contribution in [1.29, 1.82) is 0 Å². The fourth-order valence-corrected chi connectivity index (χ4v) is 6.58. The van der Waals surface area contributed by atoms with Crippen LogP contribution in [0.15, 0.2) is 151 Å². The zero-order valence-electron chi connectivity index (χ0n) is 36.7. The maximum atomic E-state index is 9.42. The predicted octanol–water partition coefficient (Wildman–Crippen LogP) is 11.5. The van der Waals surface area contributed by atoms with Gasteiger partial charge in [0.25, 0.3) is 0 Å². The summed E-state index contributed by atoms with van der Waals surface area (Å²) in [5.41, 5.74) is 2.46.